The average molecular weight is 299 g/mol. The Bertz CT molecular complexity index is 553. The number of aryl methyl sites for hydroxylation is 1. The fourth-order valence-corrected chi connectivity index (χ4v) is 2.50. The van der Waals surface area contributed by atoms with Crippen LogP contribution in [0.4, 0.5) is 0 Å². The summed E-state index contributed by atoms with van der Waals surface area (Å²) in [6, 6.07) is 5.17. The van der Waals surface area contributed by atoms with Crippen molar-refractivity contribution in [2.75, 3.05) is 0 Å². The minimum absolute atomic E-state index is 0.199. The van der Waals surface area contributed by atoms with Crippen LogP contribution in [-0.2, 0) is 6.54 Å². The molecular formula is C13H16Cl2N4. The van der Waals surface area contributed by atoms with Crippen molar-refractivity contribution in [3.05, 3.63) is 51.8 Å². The van der Waals surface area contributed by atoms with Crippen LogP contribution in [0.1, 0.15) is 30.5 Å². The number of hydrogen-bond acceptors (Lipinski definition) is 3. The van der Waals surface area contributed by atoms with Crippen LogP contribution in [0.2, 0.25) is 10.0 Å². The van der Waals surface area contributed by atoms with E-state index >= 15 is 0 Å². The zero-order valence-electron chi connectivity index (χ0n) is 10.6. The maximum atomic E-state index is 6.21. The zero-order valence-corrected chi connectivity index (χ0v) is 12.1. The van der Waals surface area contributed by atoms with Crippen LogP contribution >= 0.6 is 23.2 Å². The summed E-state index contributed by atoms with van der Waals surface area (Å²) < 4.78 is 1.89. The Morgan fingerprint density at radius 3 is 2.84 bits per heavy atom. The van der Waals surface area contributed by atoms with E-state index in [4.69, 9.17) is 29.0 Å². The molecule has 3 N–H and O–H groups in total. The third-order valence-electron chi connectivity index (χ3n) is 2.88. The van der Waals surface area contributed by atoms with Gasteiger partial charge in [0.05, 0.1) is 12.2 Å². The van der Waals surface area contributed by atoms with E-state index in [1.165, 1.54) is 0 Å². The van der Waals surface area contributed by atoms with Gasteiger partial charge in [0.1, 0.15) is 0 Å². The first-order chi connectivity index (χ1) is 9.15. The maximum absolute atomic E-state index is 6.21. The predicted octanol–water partition coefficient (Wildman–Crippen LogP) is 3.15. The smallest absolute Gasteiger partial charge is 0.0755 e. The second-order valence-electron chi connectivity index (χ2n) is 4.30. The van der Waals surface area contributed by atoms with Crippen molar-refractivity contribution in [1.82, 2.24) is 15.2 Å². The summed E-state index contributed by atoms with van der Waals surface area (Å²) in [5, 5.41) is 5.48. The molecule has 0 fully saturated rings. The molecule has 2 rings (SSSR count). The van der Waals surface area contributed by atoms with Crippen LogP contribution in [0.15, 0.2) is 30.6 Å². The number of nitrogens with two attached hydrogens (primary N) is 1. The molecule has 1 aromatic carbocycles. The number of rotatable bonds is 5. The summed E-state index contributed by atoms with van der Waals surface area (Å²) in [6.45, 7) is 2.99. The average Bonchev–Trinajstić information content (AvgIpc) is 2.82. The largest absolute Gasteiger partial charge is 0.272 e. The Kier molecular flexibility index (Phi) is 4.82. The summed E-state index contributed by atoms with van der Waals surface area (Å²) in [4.78, 5) is 0. The van der Waals surface area contributed by atoms with Gasteiger partial charge in [-0.3, -0.25) is 10.5 Å². The molecule has 1 heterocycles. The van der Waals surface area contributed by atoms with Crippen molar-refractivity contribution in [2.45, 2.75) is 25.9 Å². The monoisotopic (exact) mass is 298 g/mol. The Morgan fingerprint density at radius 1 is 1.42 bits per heavy atom. The van der Waals surface area contributed by atoms with Crippen LogP contribution in [0.5, 0.6) is 0 Å². The molecule has 0 radical (unpaired) electrons. The fourth-order valence-electron chi connectivity index (χ4n) is 1.98. The molecule has 102 valence electrons. The predicted molar refractivity (Wildman–Crippen MR) is 78.1 cm³/mol. The summed E-state index contributed by atoms with van der Waals surface area (Å²) in [5.74, 6) is 5.65. The maximum Gasteiger partial charge on any atom is 0.0755 e. The lowest BCUT2D eigenvalue weighted by molar-refractivity contribution is 0.598. The number of halogens is 2. The van der Waals surface area contributed by atoms with E-state index in [2.05, 4.69) is 17.4 Å². The Balaban J connectivity index is 2.32. The Labute approximate surface area is 122 Å². The van der Waals surface area contributed by atoms with Crippen molar-refractivity contribution >= 4 is 23.2 Å². The molecule has 0 saturated carbocycles. The van der Waals surface area contributed by atoms with Crippen LogP contribution in [0.3, 0.4) is 0 Å². The molecule has 0 aliphatic carbocycles. The molecule has 2 aromatic rings. The molecule has 1 atom stereocenters. The highest BCUT2D eigenvalue weighted by molar-refractivity contribution is 6.35. The number of nitrogens with zero attached hydrogens (tertiary/aromatic N) is 2. The minimum Gasteiger partial charge on any atom is -0.272 e. The van der Waals surface area contributed by atoms with Crippen molar-refractivity contribution in [3.63, 3.8) is 0 Å². The van der Waals surface area contributed by atoms with Crippen LogP contribution < -0.4 is 11.3 Å². The Morgan fingerprint density at radius 2 is 2.21 bits per heavy atom. The molecule has 0 amide bonds. The summed E-state index contributed by atoms with van der Waals surface area (Å²) in [7, 11) is 0. The molecule has 0 aliphatic rings. The number of nitrogens with one attached hydrogen (secondary N) is 1. The number of benzene rings is 1. The summed E-state index contributed by atoms with van der Waals surface area (Å²) >= 11 is 12.1. The van der Waals surface area contributed by atoms with Gasteiger partial charge in [0.15, 0.2) is 0 Å². The SMILES string of the molecule is CCCn1cc(C(NN)c2ccc(Cl)cc2Cl)cn1. The Hall–Kier alpha value is -1.07. The molecule has 6 heteroatoms. The molecule has 0 aliphatic heterocycles. The van der Waals surface area contributed by atoms with E-state index in [1.54, 1.807) is 18.3 Å². The van der Waals surface area contributed by atoms with Crippen molar-refractivity contribution < 1.29 is 0 Å². The van der Waals surface area contributed by atoms with Crippen molar-refractivity contribution in [1.29, 1.82) is 0 Å². The van der Waals surface area contributed by atoms with Gasteiger partial charge in [-0.2, -0.15) is 5.10 Å². The van der Waals surface area contributed by atoms with E-state index in [9.17, 15) is 0 Å². The quantitative estimate of drug-likeness (QED) is 0.658. The fraction of sp³-hybridized carbons (Fsp3) is 0.308. The second kappa shape index (κ2) is 6.39. The topological polar surface area (TPSA) is 55.9 Å². The lowest BCUT2D eigenvalue weighted by atomic mass is 10.0. The van der Waals surface area contributed by atoms with E-state index < -0.39 is 0 Å². The molecule has 0 saturated heterocycles. The highest BCUT2D eigenvalue weighted by atomic mass is 35.5. The van der Waals surface area contributed by atoms with Gasteiger partial charge in [-0.1, -0.05) is 36.2 Å². The molecule has 0 bridgehead atoms. The van der Waals surface area contributed by atoms with Crippen molar-refractivity contribution in [2.24, 2.45) is 5.84 Å². The zero-order chi connectivity index (χ0) is 13.8. The second-order valence-corrected chi connectivity index (χ2v) is 5.15. The van der Waals surface area contributed by atoms with E-state index in [1.807, 2.05) is 16.9 Å². The van der Waals surface area contributed by atoms with Crippen LogP contribution in [0.25, 0.3) is 0 Å². The molecule has 19 heavy (non-hydrogen) atoms. The molecule has 4 nitrogen and oxygen atoms in total. The highest BCUT2D eigenvalue weighted by Crippen LogP contribution is 2.29. The molecule has 1 aromatic heterocycles. The van der Waals surface area contributed by atoms with Gasteiger partial charge in [-0.05, 0) is 24.1 Å². The summed E-state index contributed by atoms with van der Waals surface area (Å²) in [5.41, 5.74) is 4.62. The normalized spacial score (nSPS) is 12.6. The molecular weight excluding hydrogens is 283 g/mol. The first-order valence-electron chi connectivity index (χ1n) is 6.09. The standard InChI is InChI=1S/C13H16Cl2N4/c1-2-5-19-8-9(7-17-19)13(18-16)11-4-3-10(14)6-12(11)15/h3-4,6-8,13,18H,2,5,16H2,1H3. The van der Waals surface area contributed by atoms with Crippen LogP contribution in [-0.4, -0.2) is 9.78 Å². The third kappa shape index (κ3) is 3.28. The van der Waals surface area contributed by atoms with E-state index in [-0.39, 0.29) is 6.04 Å². The lowest BCUT2D eigenvalue weighted by Gasteiger charge is -2.16. The number of aromatic nitrogens is 2. The van der Waals surface area contributed by atoms with Gasteiger partial charge in [-0.25, -0.2) is 5.43 Å². The van der Waals surface area contributed by atoms with Gasteiger partial charge >= 0.3 is 0 Å². The minimum atomic E-state index is -0.199. The van der Waals surface area contributed by atoms with Gasteiger partial charge in [0, 0.05) is 28.4 Å². The number of hydrazine groups is 1. The van der Waals surface area contributed by atoms with Gasteiger partial charge in [-0.15, -0.1) is 0 Å². The van der Waals surface area contributed by atoms with Gasteiger partial charge in [0.2, 0.25) is 0 Å². The summed E-state index contributed by atoms with van der Waals surface area (Å²) in [6.07, 6.45) is 4.80. The van der Waals surface area contributed by atoms with E-state index in [0.29, 0.717) is 10.0 Å². The third-order valence-corrected chi connectivity index (χ3v) is 3.44. The highest BCUT2D eigenvalue weighted by Gasteiger charge is 2.17. The van der Waals surface area contributed by atoms with E-state index in [0.717, 1.165) is 24.1 Å². The van der Waals surface area contributed by atoms with Gasteiger partial charge in [0.25, 0.3) is 0 Å². The molecule has 1 unspecified atom stereocenters. The molecule has 0 spiro atoms. The first-order valence-corrected chi connectivity index (χ1v) is 6.84. The van der Waals surface area contributed by atoms with Crippen LogP contribution in [0, 0.1) is 0 Å². The lowest BCUT2D eigenvalue weighted by Crippen LogP contribution is -2.28. The van der Waals surface area contributed by atoms with Crippen molar-refractivity contribution in [3.8, 4) is 0 Å². The number of hydrogen-bond donors (Lipinski definition) is 2. The van der Waals surface area contributed by atoms with Gasteiger partial charge < -0.3 is 0 Å². The first kappa shape index (κ1) is 14.3.